The monoisotopic (exact) mass is 452 g/mol. The summed E-state index contributed by atoms with van der Waals surface area (Å²) in [6.07, 6.45) is 6.28. The van der Waals surface area contributed by atoms with Crippen LogP contribution in [0.25, 0.3) is 11.3 Å². The number of piperidine rings is 1. The summed E-state index contributed by atoms with van der Waals surface area (Å²) in [6, 6.07) is 27.4. The van der Waals surface area contributed by atoms with Crippen LogP contribution in [0.15, 0.2) is 72.8 Å². The lowest BCUT2D eigenvalue weighted by Gasteiger charge is -2.38. The molecule has 5 atom stereocenters. The Labute approximate surface area is 203 Å². The lowest BCUT2D eigenvalue weighted by molar-refractivity contribution is 0.221. The van der Waals surface area contributed by atoms with E-state index < -0.39 is 0 Å². The number of nitrogens with zero attached hydrogens (tertiary/aromatic N) is 1. The largest absolute Gasteiger partial charge is 0.384 e. The average molecular weight is 453 g/mol. The van der Waals surface area contributed by atoms with E-state index in [4.69, 9.17) is 5.73 Å². The zero-order valence-corrected chi connectivity index (χ0v) is 19.9. The number of hydrogen-bond acceptors (Lipinski definition) is 4. The fourth-order valence-electron chi connectivity index (χ4n) is 6.55. The normalized spacial score (nSPS) is 30.1. The van der Waals surface area contributed by atoms with E-state index in [1.165, 1.54) is 49.9 Å². The fourth-order valence-corrected chi connectivity index (χ4v) is 6.55. The SMILES string of the molecule is Nc1cccc(-c2ccc(CCC3CC(c4ccccc4)CCC3NC3C4CNCC43)cc2)n1. The number of hydrogen-bond donors (Lipinski definition) is 3. The van der Waals surface area contributed by atoms with E-state index in [0.717, 1.165) is 41.5 Å². The Balaban J connectivity index is 1.13. The third kappa shape index (κ3) is 4.62. The second kappa shape index (κ2) is 9.52. The molecule has 2 heterocycles. The van der Waals surface area contributed by atoms with Crippen molar-refractivity contribution in [2.75, 3.05) is 18.8 Å². The van der Waals surface area contributed by atoms with Gasteiger partial charge in [-0.2, -0.15) is 0 Å². The van der Waals surface area contributed by atoms with Crippen LogP contribution in [-0.2, 0) is 6.42 Å². The molecule has 0 radical (unpaired) electrons. The van der Waals surface area contributed by atoms with Gasteiger partial charge >= 0.3 is 0 Å². The predicted molar refractivity (Wildman–Crippen MR) is 139 cm³/mol. The molecule has 4 heteroatoms. The molecular formula is C30H36N4. The van der Waals surface area contributed by atoms with Gasteiger partial charge in [0.05, 0.1) is 5.69 Å². The zero-order valence-electron chi connectivity index (χ0n) is 19.9. The van der Waals surface area contributed by atoms with E-state index in [9.17, 15) is 0 Å². The summed E-state index contributed by atoms with van der Waals surface area (Å²) in [7, 11) is 0. The first-order valence-corrected chi connectivity index (χ1v) is 13.1. The first-order valence-electron chi connectivity index (χ1n) is 13.1. The van der Waals surface area contributed by atoms with E-state index in [2.05, 4.69) is 70.2 Å². The second-order valence-corrected chi connectivity index (χ2v) is 10.6. The van der Waals surface area contributed by atoms with Crippen molar-refractivity contribution in [2.24, 2.45) is 17.8 Å². The van der Waals surface area contributed by atoms with Crippen molar-refractivity contribution in [1.82, 2.24) is 15.6 Å². The van der Waals surface area contributed by atoms with Gasteiger partial charge < -0.3 is 16.4 Å². The van der Waals surface area contributed by atoms with Crippen LogP contribution in [0.2, 0.25) is 0 Å². The lowest BCUT2D eigenvalue weighted by Crippen LogP contribution is -2.44. The van der Waals surface area contributed by atoms with Gasteiger partial charge in [-0.1, -0.05) is 60.7 Å². The molecular weight excluding hydrogens is 416 g/mol. The standard InChI is InChI=1S/C30H36N4/c31-29-8-4-7-27(33-29)22-12-9-20(10-13-22)11-14-24-17-23(21-5-2-1-3-6-21)15-16-28(24)34-30-25-18-32-19-26(25)30/h1-10,12-13,23-26,28,30,32,34H,11,14-19H2,(H2,31,33). The first kappa shape index (κ1) is 21.8. The molecule has 0 spiro atoms. The number of rotatable bonds is 7. The molecule has 1 aromatic heterocycles. The van der Waals surface area contributed by atoms with E-state index >= 15 is 0 Å². The Morgan fingerprint density at radius 3 is 2.44 bits per heavy atom. The fraction of sp³-hybridized carbons (Fsp3) is 0.433. The molecule has 3 aliphatic rings. The highest BCUT2D eigenvalue weighted by molar-refractivity contribution is 5.61. The van der Waals surface area contributed by atoms with Crippen LogP contribution < -0.4 is 16.4 Å². The number of nitrogens with two attached hydrogens (primary N) is 1. The quantitative estimate of drug-likeness (QED) is 0.471. The highest BCUT2D eigenvalue weighted by atomic mass is 15.1. The van der Waals surface area contributed by atoms with Gasteiger partial charge in [0, 0.05) is 17.6 Å². The Bertz CT molecular complexity index is 1090. The first-order chi connectivity index (χ1) is 16.7. The number of anilines is 1. The summed E-state index contributed by atoms with van der Waals surface area (Å²) >= 11 is 0. The van der Waals surface area contributed by atoms with Crippen LogP contribution in [0.4, 0.5) is 5.82 Å². The Morgan fingerprint density at radius 1 is 0.882 bits per heavy atom. The molecule has 4 nitrogen and oxygen atoms in total. The molecule has 6 rings (SSSR count). The van der Waals surface area contributed by atoms with Crippen LogP contribution in [-0.4, -0.2) is 30.2 Å². The molecule has 2 saturated carbocycles. The van der Waals surface area contributed by atoms with Crippen molar-refractivity contribution < 1.29 is 0 Å². The lowest BCUT2D eigenvalue weighted by atomic mass is 9.73. The predicted octanol–water partition coefficient (Wildman–Crippen LogP) is 5.02. The molecule has 2 aromatic carbocycles. The molecule has 5 unspecified atom stereocenters. The van der Waals surface area contributed by atoms with Gasteiger partial charge in [0.1, 0.15) is 5.82 Å². The van der Waals surface area contributed by atoms with Gasteiger partial charge in [0.15, 0.2) is 0 Å². The number of fused-ring (bicyclic) bond motifs is 1. The molecule has 176 valence electrons. The smallest absolute Gasteiger partial charge is 0.124 e. The number of nitrogens with one attached hydrogen (secondary N) is 2. The summed E-state index contributed by atoms with van der Waals surface area (Å²) in [5, 5.41) is 7.67. The topological polar surface area (TPSA) is 63.0 Å². The van der Waals surface area contributed by atoms with Gasteiger partial charge in [-0.15, -0.1) is 0 Å². The number of pyridine rings is 1. The Kier molecular flexibility index (Phi) is 6.11. The molecule has 1 aliphatic heterocycles. The summed E-state index contributed by atoms with van der Waals surface area (Å²) < 4.78 is 0. The number of benzene rings is 2. The third-order valence-corrected chi connectivity index (χ3v) is 8.58. The van der Waals surface area contributed by atoms with Crippen molar-refractivity contribution in [3.63, 3.8) is 0 Å². The minimum Gasteiger partial charge on any atom is -0.384 e. The van der Waals surface area contributed by atoms with Gasteiger partial charge in [-0.05, 0) is 92.1 Å². The number of nitrogen functional groups attached to an aromatic ring is 1. The second-order valence-electron chi connectivity index (χ2n) is 10.6. The zero-order chi connectivity index (χ0) is 22.9. The minimum absolute atomic E-state index is 0.570. The summed E-state index contributed by atoms with van der Waals surface area (Å²) in [5.74, 6) is 3.74. The van der Waals surface area contributed by atoms with Crippen LogP contribution >= 0.6 is 0 Å². The van der Waals surface area contributed by atoms with Gasteiger partial charge in [-0.25, -0.2) is 4.98 Å². The van der Waals surface area contributed by atoms with Crippen molar-refractivity contribution >= 4 is 5.82 Å². The maximum atomic E-state index is 5.87. The molecule has 0 bridgehead atoms. The summed E-state index contributed by atoms with van der Waals surface area (Å²) in [5.41, 5.74) is 10.9. The number of aromatic nitrogens is 1. The molecule has 2 aliphatic carbocycles. The molecule has 1 saturated heterocycles. The molecule has 4 N–H and O–H groups in total. The molecule has 0 amide bonds. The summed E-state index contributed by atoms with van der Waals surface area (Å²) in [4.78, 5) is 4.46. The molecule has 3 fully saturated rings. The van der Waals surface area contributed by atoms with E-state index in [0.29, 0.717) is 17.8 Å². The van der Waals surface area contributed by atoms with Crippen molar-refractivity contribution in [3.05, 3.63) is 83.9 Å². The highest BCUT2D eigenvalue weighted by Crippen LogP contribution is 2.45. The molecule has 34 heavy (non-hydrogen) atoms. The maximum Gasteiger partial charge on any atom is 0.124 e. The number of aryl methyl sites for hydroxylation is 1. The van der Waals surface area contributed by atoms with Crippen LogP contribution in [0.5, 0.6) is 0 Å². The van der Waals surface area contributed by atoms with Crippen molar-refractivity contribution in [1.29, 1.82) is 0 Å². The van der Waals surface area contributed by atoms with Crippen LogP contribution in [0.3, 0.4) is 0 Å². The van der Waals surface area contributed by atoms with E-state index in [1.54, 1.807) is 0 Å². The van der Waals surface area contributed by atoms with Gasteiger partial charge in [0.2, 0.25) is 0 Å². The van der Waals surface area contributed by atoms with Crippen LogP contribution in [0, 0.1) is 17.8 Å². The summed E-state index contributed by atoms with van der Waals surface area (Å²) in [6.45, 7) is 2.42. The van der Waals surface area contributed by atoms with Gasteiger partial charge in [0.25, 0.3) is 0 Å². The van der Waals surface area contributed by atoms with Gasteiger partial charge in [-0.3, -0.25) is 0 Å². The third-order valence-electron chi connectivity index (χ3n) is 8.58. The van der Waals surface area contributed by atoms with Crippen LogP contribution in [0.1, 0.15) is 42.7 Å². The minimum atomic E-state index is 0.570. The molecule has 3 aromatic rings. The van der Waals surface area contributed by atoms with E-state index in [1.807, 2.05) is 18.2 Å². The highest BCUT2D eigenvalue weighted by Gasteiger charge is 2.53. The Morgan fingerprint density at radius 2 is 1.68 bits per heavy atom. The van der Waals surface area contributed by atoms with Crippen molar-refractivity contribution in [3.8, 4) is 11.3 Å². The maximum absolute atomic E-state index is 5.87. The van der Waals surface area contributed by atoms with Crippen molar-refractivity contribution in [2.45, 2.75) is 50.1 Å². The Hall–Kier alpha value is -2.69. The van der Waals surface area contributed by atoms with E-state index in [-0.39, 0.29) is 0 Å². The average Bonchev–Trinajstić information content (AvgIpc) is 3.29.